The van der Waals surface area contributed by atoms with Gasteiger partial charge in [-0.1, -0.05) is 42.5 Å². The molecule has 0 saturated carbocycles. The zero-order chi connectivity index (χ0) is 24.9. The maximum absolute atomic E-state index is 12.8. The van der Waals surface area contributed by atoms with E-state index in [0.717, 1.165) is 5.56 Å². The molecule has 0 aromatic heterocycles. The highest BCUT2D eigenvalue weighted by Crippen LogP contribution is 2.17. The van der Waals surface area contributed by atoms with Crippen molar-refractivity contribution in [2.75, 3.05) is 13.2 Å². The first-order valence-electron chi connectivity index (χ1n) is 11.3. The summed E-state index contributed by atoms with van der Waals surface area (Å²) in [5, 5.41) is 14.6. The highest BCUT2D eigenvalue weighted by molar-refractivity contribution is 5.86. The van der Waals surface area contributed by atoms with Crippen LogP contribution >= 0.6 is 0 Å². The zero-order valence-corrected chi connectivity index (χ0v) is 20.0. The van der Waals surface area contributed by atoms with E-state index >= 15 is 0 Å². The van der Waals surface area contributed by atoms with Gasteiger partial charge in [-0.2, -0.15) is 0 Å². The van der Waals surface area contributed by atoms with Crippen molar-refractivity contribution in [1.29, 1.82) is 0 Å². The number of aliphatic hydroxyl groups excluding tert-OH is 1. The van der Waals surface area contributed by atoms with Gasteiger partial charge in [0, 0.05) is 12.5 Å². The third-order valence-corrected chi connectivity index (χ3v) is 5.08. The van der Waals surface area contributed by atoms with Gasteiger partial charge in [0.1, 0.15) is 6.61 Å². The second kappa shape index (κ2) is 14.3. The average molecular weight is 459 g/mol. The van der Waals surface area contributed by atoms with Gasteiger partial charge in [0.2, 0.25) is 11.8 Å². The van der Waals surface area contributed by atoms with Gasteiger partial charge in [0.25, 0.3) is 0 Å². The Bertz CT molecular complexity index is 791. The maximum atomic E-state index is 12.8. The first-order chi connectivity index (χ1) is 15.6. The Morgan fingerprint density at radius 2 is 1.70 bits per heavy atom. The number of carbonyl (C=O) groups is 3. The Kier molecular flexibility index (Phi) is 12.1. The van der Waals surface area contributed by atoms with E-state index in [1.54, 1.807) is 32.9 Å². The van der Waals surface area contributed by atoms with E-state index in [9.17, 15) is 14.4 Å². The predicted octanol–water partition coefficient (Wildman–Crippen LogP) is 2.94. The highest BCUT2D eigenvalue weighted by atomic mass is 16.5. The third-order valence-electron chi connectivity index (χ3n) is 5.08. The van der Waals surface area contributed by atoms with Crippen molar-refractivity contribution in [1.82, 2.24) is 10.6 Å². The molecule has 1 aromatic carbocycles. The van der Waals surface area contributed by atoms with Crippen LogP contribution in [0.3, 0.4) is 0 Å². The SMILES string of the molecule is C=CC[C@H](CC(=O)N[C@@H](C)CO)C(=O)NC(C)(C)COC(=O)[C@H](CC=C)Cc1ccccc1. The molecule has 7 nitrogen and oxygen atoms in total. The van der Waals surface area contributed by atoms with E-state index < -0.39 is 11.5 Å². The molecule has 0 aliphatic rings. The van der Waals surface area contributed by atoms with E-state index in [4.69, 9.17) is 9.84 Å². The number of ether oxygens (including phenoxy) is 1. The van der Waals surface area contributed by atoms with Gasteiger partial charge < -0.3 is 20.5 Å². The summed E-state index contributed by atoms with van der Waals surface area (Å²) >= 11 is 0. The second-order valence-corrected chi connectivity index (χ2v) is 8.97. The summed E-state index contributed by atoms with van der Waals surface area (Å²) in [5.41, 5.74) is 0.210. The zero-order valence-electron chi connectivity index (χ0n) is 20.0. The van der Waals surface area contributed by atoms with Crippen molar-refractivity contribution in [3.63, 3.8) is 0 Å². The molecule has 3 atom stereocenters. The monoisotopic (exact) mass is 458 g/mol. The molecule has 0 bridgehead atoms. The fourth-order valence-electron chi connectivity index (χ4n) is 3.29. The van der Waals surface area contributed by atoms with Crippen molar-refractivity contribution >= 4 is 17.8 Å². The number of hydrogen-bond acceptors (Lipinski definition) is 5. The Hall–Kier alpha value is -2.93. The molecule has 0 aliphatic heterocycles. The number of nitrogens with one attached hydrogen (secondary N) is 2. The molecule has 182 valence electrons. The first-order valence-corrected chi connectivity index (χ1v) is 11.3. The van der Waals surface area contributed by atoms with Gasteiger partial charge in [0.05, 0.1) is 24.0 Å². The fourth-order valence-corrected chi connectivity index (χ4v) is 3.29. The number of allylic oxidation sites excluding steroid dienone is 2. The minimum Gasteiger partial charge on any atom is -0.463 e. The predicted molar refractivity (Wildman–Crippen MR) is 129 cm³/mol. The van der Waals surface area contributed by atoms with Crippen LogP contribution in [-0.4, -0.2) is 47.7 Å². The van der Waals surface area contributed by atoms with E-state index in [1.165, 1.54) is 0 Å². The molecule has 0 heterocycles. The normalized spacial score (nSPS) is 13.8. The number of benzene rings is 1. The molecule has 0 aliphatic carbocycles. The van der Waals surface area contributed by atoms with Crippen LogP contribution in [0.1, 0.15) is 45.6 Å². The summed E-state index contributed by atoms with van der Waals surface area (Å²) in [6.07, 6.45) is 4.61. The lowest BCUT2D eigenvalue weighted by atomic mass is 9.96. The molecule has 33 heavy (non-hydrogen) atoms. The van der Waals surface area contributed by atoms with Gasteiger partial charge in [-0.15, -0.1) is 13.2 Å². The summed E-state index contributed by atoms with van der Waals surface area (Å²) in [6, 6.07) is 9.31. The molecule has 0 fully saturated rings. The van der Waals surface area contributed by atoms with E-state index in [2.05, 4.69) is 23.8 Å². The molecule has 0 unspecified atom stereocenters. The Balaban J connectivity index is 2.69. The average Bonchev–Trinajstić information content (AvgIpc) is 2.77. The molecule has 0 saturated heterocycles. The highest BCUT2D eigenvalue weighted by Gasteiger charge is 2.29. The number of esters is 1. The first kappa shape index (κ1) is 28.1. The molecular weight excluding hydrogens is 420 g/mol. The Labute approximate surface area is 197 Å². The Morgan fingerprint density at radius 1 is 1.09 bits per heavy atom. The number of aliphatic hydroxyl groups is 1. The number of rotatable bonds is 15. The van der Waals surface area contributed by atoms with Crippen LogP contribution in [0.5, 0.6) is 0 Å². The summed E-state index contributed by atoms with van der Waals surface area (Å²) in [4.78, 5) is 37.7. The summed E-state index contributed by atoms with van der Waals surface area (Å²) in [5.74, 6) is -1.97. The number of hydrogen-bond donors (Lipinski definition) is 3. The molecular formula is C26H38N2O5. The van der Waals surface area contributed by atoms with Crippen LogP contribution in [-0.2, 0) is 25.5 Å². The van der Waals surface area contributed by atoms with Crippen LogP contribution in [0.4, 0.5) is 0 Å². The van der Waals surface area contributed by atoms with E-state index in [-0.39, 0.29) is 49.4 Å². The molecule has 1 rings (SSSR count). The molecule has 1 aromatic rings. The lowest BCUT2D eigenvalue weighted by Gasteiger charge is -2.29. The molecule has 3 N–H and O–H groups in total. The van der Waals surface area contributed by atoms with Crippen molar-refractivity contribution in [3.05, 3.63) is 61.2 Å². The van der Waals surface area contributed by atoms with E-state index in [1.807, 2.05) is 30.3 Å². The summed E-state index contributed by atoms with van der Waals surface area (Å²) in [7, 11) is 0. The lowest BCUT2D eigenvalue weighted by molar-refractivity contribution is -0.151. The fraction of sp³-hybridized carbons (Fsp3) is 0.500. The van der Waals surface area contributed by atoms with Crippen LogP contribution in [0.25, 0.3) is 0 Å². The largest absolute Gasteiger partial charge is 0.463 e. The standard InChI is InChI=1S/C26H38N2O5/c1-6-11-21(16-23(30)27-19(3)17-29)24(31)28-26(4,5)18-33-25(32)22(12-7-2)15-20-13-9-8-10-14-20/h6-10,13-14,19,21-22,29H,1-2,11-12,15-18H2,3-5H3,(H,27,30)(H,28,31)/t19-,21+,22+/m0/s1. The lowest BCUT2D eigenvalue weighted by Crippen LogP contribution is -2.50. The van der Waals surface area contributed by atoms with Crippen LogP contribution in [0, 0.1) is 11.8 Å². The molecule has 7 heteroatoms. The molecule has 2 amide bonds. The summed E-state index contributed by atoms with van der Waals surface area (Å²) in [6.45, 7) is 12.4. The van der Waals surface area contributed by atoms with Gasteiger partial charge in [0.15, 0.2) is 0 Å². The van der Waals surface area contributed by atoms with Gasteiger partial charge in [-0.25, -0.2) is 0 Å². The maximum Gasteiger partial charge on any atom is 0.309 e. The molecule has 0 radical (unpaired) electrons. The van der Waals surface area contributed by atoms with Gasteiger partial charge in [-0.3, -0.25) is 14.4 Å². The van der Waals surface area contributed by atoms with Crippen molar-refractivity contribution < 1.29 is 24.2 Å². The van der Waals surface area contributed by atoms with E-state index in [0.29, 0.717) is 19.3 Å². The van der Waals surface area contributed by atoms with Crippen LogP contribution < -0.4 is 10.6 Å². The van der Waals surface area contributed by atoms with Gasteiger partial charge in [-0.05, 0) is 45.6 Å². The second-order valence-electron chi connectivity index (χ2n) is 8.97. The topological polar surface area (TPSA) is 105 Å². The Morgan fingerprint density at radius 3 is 2.27 bits per heavy atom. The quantitative estimate of drug-likeness (QED) is 0.277. The summed E-state index contributed by atoms with van der Waals surface area (Å²) < 4.78 is 5.55. The number of carbonyl (C=O) groups excluding carboxylic acids is 3. The molecule has 0 spiro atoms. The smallest absolute Gasteiger partial charge is 0.309 e. The number of amides is 2. The van der Waals surface area contributed by atoms with Crippen molar-refractivity contribution in [3.8, 4) is 0 Å². The minimum absolute atomic E-state index is 0.00540. The van der Waals surface area contributed by atoms with Crippen molar-refractivity contribution in [2.24, 2.45) is 11.8 Å². The third kappa shape index (κ3) is 11.0. The minimum atomic E-state index is -0.827. The van der Waals surface area contributed by atoms with Crippen LogP contribution in [0.2, 0.25) is 0 Å². The van der Waals surface area contributed by atoms with Gasteiger partial charge >= 0.3 is 5.97 Å². The van der Waals surface area contributed by atoms with Crippen LogP contribution in [0.15, 0.2) is 55.6 Å². The van der Waals surface area contributed by atoms with Crippen molar-refractivity contribution in [2.45, 2.75) is 58.0 Å².